The molecule has 12 heteroatoms. The highest BCUT2D eigenvalue weighted by molar-refractivity contribution is 9.10. The maximum Gasteiger partial charge on any atom is 0.573 e. The Hall–Kier alpha value is -3.30. The van der Waals surface area contributed by atoms with E-state index in [2.05, 4.69) is 26.0 Å². The molecule has 0 saturated heterocycles. The van der Waals surface area contributed by atoms with Crippen LogP contribution in [-0.2, 0) is 0 Å². The molecule has 0 aliphatic carbocycles. The Morgan fingerprint density at radius 1 is 1.25 bits per heavy atom. The molecule has 8 nitrogen and oxygen atoms in total. The molecule has 0 amide bonds. The van der Waals surface area contributed by atoms with Crippen molar-refractivity contribution in [2.75, 3.05) is 5.32 Å². The molecule has 0 radical (unpaired) electrons. The van der Waals surface area contributed by atoms with E-state index in [1.165, 1.54) is 18.2 Å². The van der Waals surface area contributed by atoms with E-state index in [4.69, 9.17) is 15.8 Å². The third kappa shape index (κ3) is 4.60. The van der Waals surface area contributed by atoms with E-state index in [-0.39, 0.29) is 4.47 Å². The van der Waals surface area contributed by atoms with E-state index >= 15 is 0 Å². The van der Waals surface area contributed by atoms with Crippen molar-refractivity contribution in [1.29, 1.82) is 15.8 Å². The van der Waals surface area contributed by atoms with E-state index in [0.29, 0.717) is 6.07 Å². The van der Waals surface area contributed by atoms with Crippen molar-refractivity contribution in [3.05, 3.63) is 38.0 Å². The highest BCUT2D eigenvalue weighted by Crippen LogP contribution is 2.39. The predicted octanol–water partition coefficient (Wildman–Crippen LogP) is 3.49. The van der Waals surface area contributed by atoms with Crippen molar-refractivity contribution >= 4 is 27.3 Å². The first-order valence-corrected chi connectivity index (χ1v) is 6.37. The van der Waals surface area contributed by atoms with Gasteiger partial charge in [0.25, 0.3) is 5.69 Å². The van der Waals surface area contributed by atoms with E-state index in [9.17, 15) is 23.3 Å². The van der Waals surface area contributed by atoms with Crippen molar-refractivity contribution in [3.8, 4) is 24.0 Å². The van der Waals surface area contributed by atoms with Crippen molar-refractivity contribution in [2.24, 2.45) is 0 Å². The third-order valence-corrected chi connectivity index (χ3v) is 2.93. The van der Waals surface area contributed by atoms with E-state index in [0.717, 1.165) is 6.07 Å². The second-order valence-electron chi connectivity index (χ2n) is 3.81. The molecule has 24 heavy (non-hydrogen) atoms. The van der Waals surface area contributed by atoms with Crippen molar-refractivity contribution < 1.29 is 22.8 Å². The first kappa shape index (κ1) is 18.7. The van der Waals surface area contributed by atoms with Gasteiger partial charge in [0.05, 0.1) is 15.5 Å². The Kier molecular flexibility index (Phi) is 5.71. The molecule has 1 N–H and O–H groups in total. The Morgan fingerprint density at radius 2 is 1.83 bits per heavy atom. The Balaban J connectivity index is 3.48. The molecule has 1 rings (SSSR count). The summed E-state index contributed by atoms with van der Waals surface area (Å²) in [6.07, 6.45) is -5.06. The quantitative estimate of drug-likeness (QED) is 0.463. The molecule has 122 valence electrons. The molecule has 0 aliphatic heterocycles. The normalized spacial score (nSPS) is 9.88. The number of nitrogens with zero attached hydrogens (tertiary/aromatic N) is 4. The van der Waals surface area contributed by atoms with Crippen molar-refractivity contribution in [1.82, 2.24) is 0 Å². The molecule has 1 aromatic rings. The highest BCUT2D eigenvalue weighted by atomic mass is 79.9. The Bertz CT molecular complexity index is 830. The van der Waals surface area contributed by atoms with Crippen LogP contribution in [-0.4, -0.2) is 11.3 Å². The van der Waals surface area contributed by atoms with E-state index in [1.54, 1.807) is 0 Å². The van der Waals surface area contributed by atoms with Gasteiger partial charge >= 0.3 is 6.36 Å². The number of nitriles is 3. The molecule has 0 atom stereocenters. The predicted molar refractivity (Wildman–Crippen MR) is 75.0 cm³/mol. The summed E-state index contributed by atoms with van der Waals surface area (Å²) in [7, 11) is 0. The lowest BCUT2D eigenvalue weighted by molar-refractivity contribution is -0.384. The number of benzene rings is 1. The topological polar surface area (TPSA) is 136 Å². The first-order valence-electron chi connectivity index (χ1n) is 5.58. The number of nitro groups is 1. The maximum absolute atomic E-state index is 12.2. The number of ether oxygens (including phenoxy) is 1. The molecule has 0 bridgehead atoms. The Labute approximate surface area is 140 Å². The summed E-state index contributed by atoms with van der Waals surface area (Å²) in [5.41, 5.74) is -2.55. The van der Waals surface area contributed by atoms with Gasteiger partial charge in [-0.2, -0.15) is 15.8 Å². The zero-order valence-electron chi connectivity index (χ0n) is 11.2. The number of rotatable bonds is 4. The summed E-state index contributed by atoms with van der Waals surface area (Å²) in [5, 5.41) is 39.6. The smallest absolute Gasteiger partial charge is 0.405 e. The van der Waals surface area contributed by atoms with Crippen LogP contribution in [0.25, 0.3) is 0 Å². The van der Waals surface area contributed by atoms with Crippen LogP contribution in [0.1, 0.15) is 0 Å². The van der Waals surface area contributed by atoms with Gasteiger partial charge in [-0.3, -0.25) is 10.1 Å². The molecule has 0 aromatic heterocycles. The van der Waals surface area contributed by atoms with Crippen LogP contribution in [0.4, 0.5) is 24.5 Å². The average Bonchev–Trinajstić information content (AvgIpc) is 2.47. The zero-order chi connectivity index (χ0) is 18.5. The van der Waals surface area contributed by atoms with Crippen LogP contribution >= 0.6 is 15.9 Å². The summed E-state index contributed by atoms with van der Waals surface area (Å²) in [4.78, 5) is 10.0. The number of hydrogen-bond acceptors (Lipinski definition) is 7. The molecule has 1 aromatic carbocycles. The zero-order valence-corrected chi connectivity index (χ0v) is 12.8. The number of nitrogens with one attached hydrogen (secondary N) is 1. The fourth-order valence-electron chi connectivity index (χ4n) is 1.44. The minimum absolute atomic E-state index is 0.251. The van der Waals surface area contributed by atoms with Gasteiger partial charge in [-0.25, -0.2) is 0 Å². The van der Waals surface area contributed by atoms with Gasteiger partial charge in [0, 0.05) is 0 Å². The van der Waals surface area contributed by atoms with Crippen LogP contribution in [0.2, 0.25) is 0 Å². The van der Waals surface area contributed by atoms with Crippen LogP contribution in [0.5, 0.6) is 5.75 Å². The average molecular weight is 402 g/mol. The number of halogens is 4. The summed E-state index contributed by atoms with van der Waals surface area (Å²) in [5.74, 6) is -0.866. The van der Waals surface area contributed by atoms with Crippen molar-refractivity contribution in [3.63, 3.8) is 0 Å². The first-order chi connectivity index (χ1) is 11.1. The molecule has 0 fully saturated rings. The van der Waals surface area contributed by atoms with Crippen LogP contribution in [0, 0.1) is 44.1 Å². The lowest BCUT2D eigenvalue weighted by Crippen LogP contribution is -2.17. The summed E-state index contributed by atoms with van der Waals surface area (Å²) < 4.78 is 40.0. The van der Waals surface area contributed by atoms with Gasteiger partial charge in [0.15, 0.2) is 5.57 Å². The van der Waals surface area contributed by atoms with Crippen LogP contribution < -0.4 is 10.1 Å². The summed E-state index contributed by atoms with van der Waals surface area (Å²) in [6, 6.07) is 5.54. The molecule has 0 spiro atoms. The van der Waals surface area contributed by atoms with Crippen LogP contribution in [0.3, 0.4) is 0 Å². The molecular weight excluding hydrogens is 399 g/mol. The largest absolute Gasteiger partial charge is 0.573 e. The minimum Gasteiger partial charge on any atom is -0.405 e. The highest BCUT2D eigenvalue weighted by Gasteiger charge is 2.33. The third-order valence-electron chi connectivity index (χ3n) is 2.31. The number of nitro benzene ring substituents is 1. The Morgan fingerprint density at radius 3 is 2.25 bits per heavy atom. The number of anilines is 1. The standard InChI is InChI=1S/C12H3BrF3N5O3/c13-8-1-7(24-12(14,15)16)2-10(21(22)23)11(8)20-9(5-19)6(3-17)4-18/h1-2,20H. The lowest BCUT2D eigenvalue weighted by atomic mass is 10.2. The van der Waals surface area contributed by atoms with Gasteiger partial charge < -0.3 is 10.1 Å². The SMILES string of the molecule is N#CC(C#N)=C(C#N)Nc1c(Br)cc(OC(F)(F)F)cc1[N+](=O)[O-]. The van der Waals surface area contributed by atoms with Crippen molar-refractivity contribution in [2.45, 2.75) is 6.36 Å². The molecule has 0 heterocycles. The van der Waals surface area contributed by atoms with E-state index in [1.807, 2.05) is 0 Å². The van der Waals surface area contributed by atoms with Crippen LogP contribution in [0.15, 0.2) is 27.9 Å². The molecule has 0 saturated carbocycles. The number of hydrogen-bond donors (Lipinski definition) is 1. The summed E-state index contributed by atoms with van der Waals surface area (Å²) >= 11 is 2.81. The molecular formula is C12H3BrF3N5O3. The van der Waals surface area contributed by atoms with Gasteiger partial charge in [-0.05, 0) is 22.0 Å². The van der Waals surface area contributed by atoms with Gasteiger partial charge in [-0.1, -0.05) is 0 Å². The number of alkyl halides is 3. The van der Waals surface area contributed by atoms with Gasteiger partial charge in [-0.15, -0.1) is 13.2 Å². The second kappa shape index (κ2) is 7.31. The molecule has 0 unspecified atom stereocenters. The molecule has 0 aliphatic rings. The lowest BCUT2D eigenvalue weighted by Gasteiger charge is -2.12. The maximum atomic E-state index is 12.2. The second-order valence-corrected chi connectivity index (χ2v) is 4.67. The summed E-state index contributed by atoms with van der Waals surface area (Å²) in [6.45, 7) is 0. The van der Waals surface area contributed by atoms with Gasteiger partial charge in [0.2, 0.25) is 0 Å². The fraction of sp³-hybridized carbons (Fsp3) is 0.0833. The van der Waals surface area contributed by atoms with Gasteiger partial charge in [0.1, 0.15) is 35.3 Å². The number of allylic oxidation sites excluding steroid dienone is 2. The minimum atomic E-state index is -5.06. The fourth-order valence-corrected chi connectivity index (χ4v) is 1.96. The van der Waals surface area contributed by atoms with E-state index < -0.39 is 39.7 Å². The monoisotopic (exact) mass is 401 g/mol.